The van der Waals surface area contributed by atoms with E-state index in [-0.39, 0.29) is 23.9 Å². The quantitative estimate of drug-likeness (QED) is 0.725. The van der Waals surface area contributed by atoms with Crippen LogP contribution in [0.4, 0.5) is 0 Å². The molecule has 2 aromatic carbocycles. The Balaban J connectivity index is 1.95. The summed E-state index contributed by atoms with van der Waals surface area (Å²) in [5, 5.41) is 3.20. The van der Waals surface area contributed by atoms with Gasteiger partial charge in [0.1, 0.15) is 5.75 Å². The number of hydrogen-bond acceptors (Lipinski definition) is 5. The summed E-state index contributed by atoms with van der Waals surface area (Å²) < 4.78 is 33.7. The molecular weight excluding hydrogens is 402 g/mol. The molecule has 162 valence electrons. The number of benzene rings is 2. The Morgan fingerprint density at radius 3 is 2.47 bits per heavy atom. The van der Waals surface area contributed by atoms with Gasteiger partial charge in [0.25, 0.3) is 0 Å². The zero-order chi connectivity index (χ0) is 21.7. The van der Waals surface area contributed by atoms with Gasteiger partial charge in [-0.05, 0) is 43.2 Å². The summed E-state index contributed by atoms with van der Waals surface area (Å²) in [5.41, 5.74) is 2.62. The fourth-order valence-corrected chi connectivity index (χ4v) is 4.89. The smallest absolute Gasteiger partial charge is 0.243 e. The second-order valence-corrected chi connectivity index (χ2v) is 9.40. The minimum Gasteiger partial charge on any atom is -0.496 e. The van der Waals surface area contributed by atoms with Gasteiger partial charge in [-0.15, -0.1) is 0 Å². The Kier molecular flexibility index (Phi) is 7.12. The van der Waals surface area contributed by atoms with Gasteiger partial charge in [-0.3, -0.25) is 4.79 Å². The number of para-hydroxylation sites is 1. The molecule has 30 heavy (non-hydrogen) atoms. The van der Waals surface area contributed by atoms with Gasteiger partial charge in [0.2, 0.25) is 15.9 Å². The van der Waals surface area contributed by atoms with E-state index in [1.807, 2.05) is 32.0 Å². The third-order valence-corrected chi connectivity index (χ3v) is 7.22. The van der Waals surface area contributed by atoms with Crippen LogP contribution in [0.2, 0.25) is 0 Å². The molecule has 8 heteroatoms. The van der Waals surface area contributed by atoms with Crippen molar-refractivity contribution in [1.82, 2.24) is 14.5 Å². The molecule has 0 bridgehead atoms. The number of carbonyl (C=O) groups is 1. The molecule has 0 saturated carbocycles. The molecule has 0 aliphatic carbocycles. The van der Waals surface area contributed by atoms with E-state index in [4.69, 9.17) is 4.74 Å². The van der Waals surface area contributed by atoms with E-state index in [0.29, 0.717) is 37.5 Å². The number of nitrogens with zero attached hydrogens (tertiary/aromatic N) is 2. The zero-order valence-corrected chi connectivity index (χ0v) is 18.5. The Hall–Kier alpha value is -2.42. The second-order valence-electron chi connectivity index (χ2n) is 7.46. The summed E-state index contributed by atoms with van der Waals surface area (Å²) in [6.45, 7) is 6.22. The molecule has 1 aliphatic heterocycles. The van der Waals surface area contributed by atoms with Crippen LogP contribution in [-0.2, 0) is 21.4 Å². The van der Waals surface area contributed by atoms with Gasteiger partial charge >= 0.3 is 0 Å². The van der Waals surface area contributed by atoms with E-state index >= 15 is 0 Å². The molecule has 1 N–H and O–H groups in total. The molecule has 0 unspecified atom stereocenters. The van der Waals surface area contributed by atoms with Crippen molar-refractivity contribution in [2.75, 3.05) is 39.8 Å². The van der Waals surface area contributed by atoms with Crippen molar-refractivity contribution < 1.29 is 17.9 Å². The van der Waals surface area contributed by atoms with Gasteiger partial charge in [-0.2, -0.15) is 4.31 Å². The summed E-state index contributed by atoms with van der Waals surface area (Å²) in [6, 6.07) is 12.3. The average Bonchev–Trinajstić information content (AvgIpc) is 2.76. The van der Waals surface area contributed by atoms with Crippen LogP contribution in [0.25, 0.3) is 0 Å². The van der Waals surface area contributed by atoms with Crippen LogP contribution in [0.15, 0.2) is 47.4 Å². The van der Waals surface area contributed by atoms with Gasteiger partial charge in [-0.25, -0.2) is 8.42 Å². The van der Waals surface area contributed by atoms with E-state index in [9.17, 15) is 13.2 Å². The predicted molar refractivity (Wildman–Crippen MR) is 116 cm³/mol. The zero-order valence-electron chi connectivity index (χ0n) is 17.7. The third-order valence-electron chi connectivity index (χ3n) is 5.44. The van der Waals surface area contributed by atoms with Gasteiger partial charge in [0.15, 0.2) is 0 Å². The van der Waals surface area contributed by atoms with Crippen LogP contribution in [-0.4, -0.2) is 63.4 Å². The monoisotopic (exact) mass is 431 g/mol. The third kappa shape index (κ3) is 5.00. The van der Waals surface area contributed by atoms with Crippen LogP contribution in [0.3, 0.4) is 0 Å². The van der Waals surface area contributed by atoms with Crippen LogP contribution >= 0.6 is 0 Å². The minimum absolute atomic E-state index is 0.0527. The van der Waals surface area contributed by atoms with Gasteiger partial charge in [-0.1, -0.05) is 24.3 Å². The van der Waals surface area contributed by atoms with Crippen LogP contribution in [0.5, 0.6) is 5.75 Å². The van der Waals surface area contributed by atoms with Crippen molar-refractivity contribution in [3.8, 4) is 5.75 Å². The van der Waals surface area contributed by atoms with Crippen molar-refractivity contribution in [2.24, 2.45) is 0 Å². The molecule has 1 aliphatic rings. The van der Waals surface area contributed by atoms with E-state index in [1.54, 1.807) is 36.3 Å². The maximum atomic E-state index is 13.5. The normalized spacial score (nSPS) is 14.7. The SMILES string of the molecule is COc1ccccc1CN(CC(=O)N1CCNCC1)S(=O)(=O)c1ccc(C)c(C)c1. The predicted octanol–water partition coefficient (Wildman–Crippen LogP) is 1.93. The van der Waals surface area contributed by atoms with Crippen molar-refractivity contribution in [2.45, 2.75) is 25.3 Å². The number of sulfonamides is 1. The fraction of sp³-hybridized carbons (Fsp3) is 0.409. The number of carbonyl (C=O) groups excluding carboxylic acids is 1. The van der Waals surface area contributed by atoms with Crippen molar-refractivity contribution in [3.05, 3.63) is 59.2 Å². The lowest BCUT2D eigenvalue weighted by Gasteiger charge is -2.30. The van der Waals surface area contributed by atoms with E-state index < -0.39 is 10.0 Å². The molecule has 0 atom stereocenters. The topological polar surface area (TPSA) is 79.0 Å². The lowest BCUT2D eigenvalue weighted by molar-refractivity contribution is -0.132. The summed E-state index contributed by atoms with van der Waals surface area (Å²) in [6.07, 6.45) is 0. The number of rotatable bonds is 7. The summed E-state index contributed by atoms with van der Waals surface area (Å²) in [4.78, 5) is 14.8. The first-order valence-electron chi connectivity index (χ1n) is 10.0. The van der Waals surface area contributed by atoms with Gasteiger partial charge < -0.3 is 15.0 Å². The summed E-state index contributed by atoms with van der Waals surface area (Å²) >= 11 is 0. The maximum absolute atomic E-state index is 13.5. The number of piperazine rings is 1. The van der Waals surface area contributed by atoms with E-state index in [0.717, 1.165) is 11.1 Å². The molecule has 1 saturated heterocycles. The van der Waals surface area contributed by atoms with Crippen LogP contribution in [0.1, 0.15) is 16.7 Å². The first kappa shape index (κ1) is 22.3. The molecule has 0 radical (unpaired) electrons. The Morgan fingerprint density at radius 1 is 1.10 bits per heavy atom. The van der Waals surface area contributed by atoms with E-state index in [1.165, 1.54) is 4.31 Å². The molecule has 3 rings (SSSR count). The maximum Gasteiger partial charge on any atom is 0.243 e. The molecule has 7 nitrogen and oxygen atoms in total. The van der Waals surface area contributed by atoms with Crippen LogP contribution in [0, 0.1) is 13.8 Å². The number of hydrogen-bond donors (Lipinski definition) is 1. The molecule has 1 amide bonds. The number of aryl methyl sites for hydroxylation is 2. The molecule has 0 spiro atoms. The first-order valence-corrected chi connectivity index (χ1v) is 11.4. The molecule has 0 aromatic heterocycles. The lowest BCUT2D eigenvalue weighted by Crippen LogP contribution is -2.50. The Morgan fingerprint density at radius 2 is 1.80 bits per heavy atom. The number of methoxy groups -OCH3 is 1. The Bertz CT molecular complexity index is 1000. The molecule has 1 heterocycles. The van der Waals surface area contributed by atoms with Crippen molar-refractivity contribution in [1.29, 1.82) is 0 Å². The number of nitrogens with one attached hydrogen (secondary N) is 1. The standard InChI is InChI=1S/C22H29N3O4S/c1-17-8-9-20(14-18(17)2)30(27,28)25(15-19-6-4-5-7-21(19)29-3)16-22(26)24-12-10-23-11-13-24/h4-9,14,23H,10-13,15-16H2,1-3H3. The highest BCUT2D eigenvalue weighted by Crippen LogP contribution is 2.25. The lowest BCUT2D eigenvalue weighted by atomic mass is 10.1. The first-order chi connectivity index (χ1) is 14.3. The van der Waals surface area contributed by atoms with E-state index in [2.05, 4.69) is 5.32 Å². The van der Waals surface area contributed by atoms with Gasteiger partial charge in [0, 0.05) is 38.3 Å². The molecular formula is C22H29N3O4S. The number of amides is 1. The highest BCUT2D eigenvalue weighted by Gasteiger charge is 2.30. The van der Waals surface area contributed by atoms with Gasteiger partial charge in [0.05, 0.1) is 18.6 Å². The van der Waals surface area contributed by atoms with Crippen molar-refractivity contribution >= 4 is 15.9 Å². The fourth-order valence-electron chi connectivity index (χ4n) is 3.44. The largest absolute Gasteiger partial charge is 0.496 e. The molecule has 2 aromatic rings. The highest BCUT2D eigenvalue weighted by atomic mass is 32.2. The second kappa shape index (κ2) is 9.59. The minimum atomic E-state index is -3.88. The molecule has 1 fully saturated rings. The Labute approximate surface area is 178 Å². The summed E-state index contributed by atoms with van der Waals surface area (Å²) in [7, 11) is -2.33. The summed E-state index contributed by atoms with van der Waals surface area (Å²) in [5.74, 6) is 0.395. The number of ether oxygens (including phenoxy) is 1. The average molecular weight is 432 g/mol. The van der Waals surface area contributed by atoms with Crippen molar-refractivity contribution in [3.63, 3.8) is 0 Å². The highest BCUT2D eigenvalue weighted by molar-refractivity contribution is 7.89. The van der Waals surface area contributed by atoms with Crippen LogP contribution < -0.4 is 10.1 Å².